The van der Waals surface area contributed by atoms with Gasteiger partial charge in [-0.05, 0) is 39.7 Å². The number of rotatable bonds is 1. The SMILES string of the molecule is CC(C)(C)OC(=O)N1CCC2(CC1)COc1c2cc(C(F)F)nc1Cl. The minimum absolute atomic E-state index is 0.0285. The first kappa shape index (κ1) is 18.2. The number of aromatic nitrogens is 1. The van der Waals surface area contributed by atoms with Crippen LogP contribution in [0, 0.1) is 0 Å². The maximum Gasteiger partial charge on any atom is 0.410 e. The van der Waals surface area contributed by atoms with E-state index in [0.717, 1.165) is 0 Å². The average Bonchev–Trinajstić information content (AvgIpc) is 2.85. The molecule has 25 heavy (non-hydrogen) atoms. The van der Waals surface area contributed by atoms with Gasteiger partial charge in [-0.15, -0.1) is 0 Å². The molecule has 5 nitrogen and oxygen atoms in total. The zero-order valence-corrected chi connectivity index (χ0v) is 15.2. The van der Waals surface area contributed by atoms with Crippen LogP contribution in [0.3, 0.4) is 0 Å². The summed E-state index contributed by atoms with van der Waals surface area (Å²) in [4.78, 5) is 17.6. The molecular weight excluding hydrogens is 354 g/mol. The maximum absolute atomic E-state index is 13.1. The summed E-state index contributed by atoms with van der Waals surface area (Å²) in [5, 5.41) is -0.0285. The summed E-state index contributed by atoms with van der Waals surface area (Å²) >= 11 is 6.02. The fourth-order valence-corrected chi connectivity index (χ4v) is 3.56. The van der Waals surface area contributed by atoms with E-state index in [2.05, 4.69) is 4.98 Å². The second kappa shape index (κ2) is 6.27. The summed E-state index contributed by atoms with van der Waals surface area (Å²) in [6, 6.07) is 1.39. The van der Waals surface area contributed by atoms with Gasteiger partial charge in [-0.3, -0.25) is 0 Å². The van der Waals surface area contributed by atoms with E-state index in [1.54, 1.807) is 4.90 Å². The predicted molar refractivity (Wildman–Crippen MR) is 88.4 cm³/mol. The molecule has 0 saturated carbocycles. The van der Waals surface area contributed by atoms with Gasteiger partial charge in [-0.1, -0.05) is 11.6 Å². The van der Waals surface area contributed by atoms with Gasteiger partial charge in [0.2, 0.25) is 0 Å². The van der Waals surface area contributed by atoms with E-state index in [0.29, 0.717) is 43.9 Å². The molecule has 0 unspecified atom stereocenters. The van der Waals surface area contributed by atoms with E-state index in [4.69, 9.17) is 21.1 Å². The van der Waals surface area contributed by atoms with E-state index < -0.39 is 17.4 Å². The number of ether oxygens (including phenoxy) is 2. The fraction of sp³-hybridized carbons (Fsp3) is 0.647. The molecule has 0 radical (unpaired) electrons. The highest BCUT2D eigenvalue weighted by atomic mass is 35.5. The van der Waals surface area contributed by atoms with Crippen molar-refractivity contribution in [2.75, 3.05) is 19.7 Å². The van der Waals surface area contributed by atoms with Gasteiger partial charge in [0.1, 0.15) is 11.3 Å². The highest BCUT2D eigenvalue weighted by Crippen LogP contribution is 2.48. The van der Waals surface area contributed by atoms with E-state index in [1.165, 1.54) is 6.07 Å². The molecule has 1 aromatic heterocycles. The molecule has 0 bridgehead atoms. The number of nitrogens with zero attached hydrogens (tertiary/aromatic N) is 2. The summed E-state index contributed by atoms with van der Waals surface area (Å²) in [5.41, 5.74) is -0.639. The second-order valence-electron chi connectivity index (χ2n) is 7.55. The van der Waals surface area contributed by atoms with Crippen LogP contribution in [0.5, 0.6) is 5.75 Å². The van der Waals surface area contributed by atoms with Crippen LogP contribution in [-0.4, -0.2) is 41.3 Å². The molecule has 3 heterocycles. The van der Waals surface area contributed by atoms with Gasteiger partial charge in [0.05, 0.1) is 6.61 Å². The summed E-state index contributed by atoms with van der Waals surface area (Å²) in [6.45, 7) is 6.76. The number of likely N-dealkylation sites (tertiary alicyclic amines) is 1. The average molecular weight is 375 g/mol. The smallest absolute Gasteiger partial charge is 0.410 e. The number of amides is 1. The Morgan fingerprint density at radius 2 is 2.04 bits per heavy atom. The van der Waals surface area contributed by atoms with E-state index in [9.17, 15) is 13.6 Å². The first-order valence-electron chi connectivity index (χ1n) is 8.21. The van der Waals surface area contributed by atoms with Crippen LogP contribution in [0.1, 0.15) is 51.3 Å². The Hall–Kier alpha value is -1.63. The minimum Gasteiger partial charge on any atom is -0.489 e. The highest BCUT2D eigenvalue weighted by molar-refractivity contribution is 6.31. The van der Waals surface area contributed by atoms with Crippen molar-refractivity contribution in [1.82, 2.24) is 9.88 Å². The Kier molecular flexibility index (Phi) is 4.56. The number of fused-ring (bicyclic) bond motifs is 2. The first-order valence-corrected chi connectivity index (χ1v) is 8.59. The molecule has 1 aromatic rings. The largest absolute Gasteiger partial charge is 0.489 e. The fourth-order valence-electron chi connectivity index (χ4n) is 3.31. The van der Waals surface area contributed by atoms with Crippen LogP contribution in [0.25, 0.3) is 0 Å². The van der Waals surface area contributed by atoms with Crippen molar-refractivity contribution in [2.24, 2.45) is 0 Å². The van der Waals surface area contributed by atoms with Crippen LogP contribution < -0.4 is 4.74 Å². The zero-order chi connectivity index (χ0) is 18.4. The Morgan fingerprint density at radius 1 is 1.40 bits per heavy atom. The molecule has 1 saturated heterocycles. The van der Waals surface area contributed by atoms with Gasteiger partial charge in [0, 0.05) is 24.1 Å². The zero-order valence-electron chi connectivity index (χ0n) is 14.4. The quantitative estimate of drug-likeness (QED) is 0.686. The van der Waals surface area contributed by atoms with Gasteiger partial charge in [-0.25, -0.2) is 18.6 Å². The third-order valence-electron chi connectivity index (χ3n) is 4.61. The Bertz CT molecular complexity index is 683. The van der Waals surface area contributed by atoms with Gasteiger partial charge >= 0.3 is 6.09 Å². The lowest BCUT2D eigenvalue weighted by atomic mass is 9.74. The van der Waals surface area contributed by atoms with Gasteiger partial charge in [-0.2, -0.15) is 0 Å². The van der Waals surface area contributed by atoms with Crippen LogP contribution in [0.15, 0.2) is 6.07 Å². The molecule has 2 aliphatic heterocycles. The molecule has 1 spiro atoms. The van der Waals surface area contributed by atoms with Crippen molar-refractivity contribution in [1.29, 1.82) is 0 Å². The Morgan fingerprint density at radius 3 is 2.60 bits per heavy atom. The van der Waals surface area contributed by atoms with Crippen molar-refractivity contribution >= 4 is 17.7 Å². The number of piperidine rings is 1. The van der Waals surface area contributed by atoms with E-state index in [-0.39, 0.29) is 16.9 Å². The molecule has 8 heteroatoms. The van der Waals surface area contributed by atoms with Crippen molar-refractivity contribution < 1.29 is 23.0 Å². The Labute approximate surface area is 150 Å². The third-order valence-corrected chi connectivity index (χ3v) is 4.87. The lowest BCUT2D eigenvalue weighted by Crippen LogP contribution is -2.47. The van der Waals surface area contributed by atoms with Crippen LogP contribution >= 0.6 is 11.6 Å². The monoisotopic (exact) mass is 374 g/mol. The molecule has 0 aliphatic carbocycles. The van der Waals surface area contributed by atoms with Crippen molar-refractivity contribution in [3.63, 3.8) is 0 Å². The number of pyridine rings is 1. The van der Waals surface area contributed by atoms with Gasteiger partial charge in [0.15, 0.2) is 10.9 Å². The van der Waals surface area contributed by atoms with Gasteiger partial charge < -0.3 is 14.4 Å². The predicted octanol–water partition coefficient (Wildman–Crippen LogP) is 4.33. The molecule has 1 fully saturated rings. The minimum atomic E-state index is -2.69. The molecule has 2 aliphatic rings. The first-order chi connectivity index (χ1) is 11.6. The maximum atomic E-state index is 13.1. The van der Waals surface area contributed by atoms with Gasteiger partial charge in [0.25, 0.3) is 6.43 Å². The van der Waals surface area contributed by atoms with Crippen molar-refractivity contribution in [2.45, 2.75) is 51.1 Å². The molecule has 0 atom stereocenters. The number of hydrogen-bond acceptors (Lipinski definition) is 4. The number of alkyl halides is 2. The second-order valence-corrected chi connectivity index (χ2v) is 7.91. The van der Waals surface area contributed by atoms with E-state index >= 15 is 0 Å². The molecule has 1 amide bonds. The lowest BCUT2D eigenvalue weighted by molar-refractivity contribution is 0.0152. The number of carbonyl (C=O) groups is 1. The molecule has 0 aromatic carbocycles. The van der Waals surface area contributed by atoms with Crippen LogP contribution in [0.2, 0.25) is 5.15 Å². The molecular formula is C17H21ClF2N2O3. The van der Waals surface area contributed by atoms with E-state index in [1.807, 2.05) is 20.8 Å². The van der Waals surface area contributed by atoms with Crippen molar-refractivity contribution in [3.05, 3.63) is 22.5 Å². The summed E-state index contributed by atoms with van der Waals surface area (Å²) < 4.78 is 37.2. The number of hydrogen-bond donors (Lipinski definition) is 0. The Balaban J connectivity index is 1.79. The number of halogens is 3. The lowest BCUT2D eigenvalue weighted by Gasteiger charge is -2.38. The summed E-state index contributed by atoms with van der Waals surface area (Å²) in [6.07, 6.45) is -1.85. The molecule has 0 N–H and O–H groups in total. The van der Waals surface area contributed by atoms with Crippen LogP contribution in [0.4, 0.5) is 13.6 Å². The molecule has 3 rings (SSSR count). The summed E-state index contributed by atoms with van der Waals surface area (Å²) in [5.74, 6) is 0.386. The normalized spacial score (nSPS) is 19.1. The topological polar surface area (TPSA) is 51.7 Å². The third kappa shape index (κ3) is 3.52. The number of carbonyl (C=O) groups excluding carboxylic acids is 1. The van der Waals surface area contributed by atoms with Crippen LogP contribution in [-0.2, 0) is 10.2 Å². The highest BCUT2D eigenvalue weighted by Gasteiger charge is 2.46. The summed E-state index contributed by atoms with van der Waals surface area (Å²) in [7, 11) is 0. The molecule has 138 valence electrons. The standard InChI is InChI=1S/C17H21ClF2N2O3/c1-16(2,3)25-15(23)22-6-4-17(5-7-22)9-24-12-10(17)8-11(14(19)20)21-13(12)18/h8,14H,4-7,9H2,1-3H3. The van der Waals surface area contributed by atoms with Crippen molar-refractivity contribution in [3.8, 4) is 5.75 Å².